The van der Waals surface area contributed by atoms with Gasteiger partial charge in [0.2, 0.25) is 0 Å². The summed E-state index contributed by atoms with van der Waals surface area (Å²) in [5.41, 5.74) is 13.3. The molecule has 63 heavy (non-hydrogen) atoms. The van der Waals surface area contributed by atoms with Crippen LogP contribution in [0.15, 0.2) is 222 Å². The van der Waals surface area contributed by atoms with Crippen LogP contribution in [0.2, 0.25) is 0 Å². The minimum absolute atomic E-state index is 0.631. The maximum atomic E-state index is 5.14. The van der Waals surface area contributed by atoms with Gasteiger partial charge in [0.1, 0.15) is 5.65 Å². The fourth-order valence-electron chi connectivity index (χ4n) is 9.37. The third-order valence-corrected chi connectivity index (χ3v) is 13.4. The van der Waals surface area contributed by atoms with Crippen molar-refractivity contribution < 1.29 is 0 Å². The molecule has 0 spiro atoms. The molecule has 0 fully saturated rings. The topological polar surface area (TPSA) is 48.5 Å². The van der Waals surface area contributed by atoms with Gasteiger partial charge in [-0.2, -0.15) is 0 Å². The van der Waals surface area contributed by atoms with Gasteiger partial charge in [0.25, 0.3) is 0 Å². The fraction of sp³-hybridized carbons (Fsp3) is 0. The highest BCUT2D eigenvalue weighted by molar-refractivity contribution is 7.99. The Morgan fingerprint density at radius 1 is 0.349 bits per heavy atom. The van der Waals surface area contributed by atoms with Crippen LogP contribution in [0.3, 0.4) is 0 Å². The van der Waals surface area contributed by atoms with Crippen LogP contribution in [-0.4, -0.2) is 24.1 Å². The van der Waals surface area contributed by atoms with Crippen LogP contribution in [0.25, 0.3) is 111 Å². The van der Waals surface area contributed by atoms with Crippen LogP contribution < -0.4 is 0 Å². The van der Waals surface area contributed by atoms with E-state index in [0.717, 1.165) is 39.1 Å². The van der Waals surface area contributed by atoms with Crippen molar-refractivity contribution in [3.05, 3.63) is 212 Å². The molecule has 0 radical (unpaired) electrons. The second-order valence-corrected chi connectivity index (χ2v) is 17.1. The van der Waals surface area contributed by atoms with Gasteiger partial charge in [0, 0.05) is 48.3 Å². The molecule has 0 N–H and O–H groups in total. The molecule has 294 valence electrons. The lowest BCUT2D eigenvalue weighted by Crippen LogP contribution is -2.05. The molecule has 0 aliphatic carbocycles. The third kappa shape index (κ3) is 5.83. The number of hydrogen-bond donors (Lipinski definition) is 0. The van der Waals surface area contributed by atoms with Gasteiger partial charge in [-0.1, -0.05) is 176 Å². The average molecular weight is 822 g/mol. The Balaban J connectivity index is 0.911. The van der Waals surface area contributed by atoms with E-state index >= 15 is 0 Å². The summed E-state index contributed by atoms with van der Waals surface area (Å²) in [6.45, 7) is 0. The molecule has 0 unspecified atom stereocenters. The molecule has 0 amide bonds. The lowest BCUT2D eigenvalue weighted by Gasteiger charge is -2.22. The van der Waals surface area contributed by atoms with E-state index < -0.39 is 0 Å². The molecule has 13 rings (SSSR count). The van der Waals surface area contributed by atoms with E-state index in [2.05, 4.69) is 203 Å². The molecule has 4 heterocycles. The molecule has 1 aliphatic rings. The zero-order valence-corrected chi connectivity index (χ0v) is 34.7. The standard InChI is InChI=1S/C57H35N5S/c1-3-14-38(15-4-1)54-58-55(39-28-25-37(26-29-39)42-30-27-36-13-7-8-16-40(36)33-42)60-56(59-54)44-18-11-17-41(34-44)43-31-32-49-51(35-43)63-50-24-12-22-47-52-46-21-9-10-23-48(46)61(45-19-5-2-6-20-45)57(52)62(49)53(47)50/h1-35H. The van der Waals surface area contributed by atoms with E-state index in [9.17, 15) is 0 Å². The Hall–Kier alpha value is -8.06. The monoisotopic (exact) mass is 821 g/mol. The molecule has 1 aliphatic heterocycles. The van der Waals surface area contributed by atoms with E-state index in [1.807, 2.05) is 30.0 Å². The maximum Gasteiger partial charge on any atom is 0.164 e. The first-order valence-electron chi connectivity index (χ1n) is 21.2. The third-order valence-electron chi connectivity index (χ3n) is 12.3. The molecule has 3 aromatic heterocycles. The van der Waals surface area contributed by atoms with Crippen LogP contribution in [0, 0.1) is 0 Å². The van der Waals surface area contributed by atoms with Gasteiger partial charge >= 0.3 is 0 Å². The predicted molar refractivity (Wildman–Crippen MR) is 260 cm³/mol. The number of rotatable bonds is 6. The molecule has 0 atom stereocenters. The van der Waals surface area contributed by atoms with Crippen molar-refractivity contribution in [1.29, 1.82) is 0 Å². The van der Waals surface area contributed by atoms with E-state index in [-0.39, 0.29) is 0 Å². The van der Waals surface area contributed by atoms with E-state index in [1.54, 1.807) is 0 Å². The minimum atomic E-state index is 0.631. The summed E-state index contributed by atoms with van der Waals surface area (Å²) >= 11 is 1.85. The Bertz CT molecular complexity index is 3760. The summed E-state index contributed by atoms with van der Waals surface area (Å²) in [4.78, 5) is 17.7. The van der Waals surface area contributed by atoms with Gasteiger partial charge in [0.15, 0.2) is 17.5 Å². The first kappa shape index (κ1) is 35.7. The van der Waals surface area contributed by atoms with E-state index in [1.165, 1.54) is 64.7 Å². The summed E-state index contributed by atoms with van der Waals surface area (Å²) < 4.78 is 4.92. The van der Waals surface area contributed by atoms with Crippen molar-refractivity contribution in [1.82, 2.24) is 24.1 Å². The number of benzene rings is 9. The van der Waals surface area contributed by atoms with Crippen LogP contribution >= 0.6 is 11.8 Å². The van der Waals surface area contributed by atoms with Crippen molar-refractivity contribution in [2.75, 3.05) is 0 Å². The highest BCUT2D eigenvalue weighted by Gasteiger charge is 2.28. The van der Waals surface area contributed by atoms with Crippen LogP contribution in [0.1, 0.15) is 0 Å². The summed E-state index contributed by atoms with van der Waals surface area (Å²) in [6.07, 6.45) is 0. The number of nitrogens with zero attached hydrogens (tertiary/aromatic N) is 5. The van der Waals surface area contributed by atoms with Gasteiger partial charge < -0.3 is 0 Å². The quantitative estimate of drug-likeness (QED) is 0.168. The van der Waals surface area contributed by atoms with Gasteiger partial charge in [0.05, 0.1) is 16.7 Å². The van der Waals surface area contributed by atoms with E-state index in [0.29, 0.717) is 17.5 Å². The van der Waals surface area contributed by atoms with E-state index in [4.69, 9.17) is 15.0 Å². The van der Waals surface area contributed by atoms with Crippen LogP contribution in [0.4, 0.5) is 0 Å². The van der Waals surface area contributed by atoms with Gasteiger partial charge in [-0.05, 0) is 81.6 Å². The van der Waals surface area contributed by atoms with Crippen LogP contribution in [-0.2, 0) is 0 Å². The highest BCUT2D eigenvalue weighted by Crippen LogP contribution is 2.50. The Kier molecular flexibility index (Phi) is 8.08. The van der Waals surface area contributed by atoms with Crippen LogP contribution in [0.5, 0.6) is 0 Å². The molecule has 6 heteroatoms. The molecule has 0 bridgehead atoms. The SMILES string of the molecule is c1ccc(-c2nc(-c3ccc(-c4ccc5ccccc5c4)cc3)nc(-c3cccc(-c4ccc5c(c4)Sc4cccc6c7c8ccccc8n(-c8ccccc8)c7n-5c46)c3)n2)cc1. The number of hydrogen-bond acceptors (Lipinski definition) is 4. The Labute approximate surface area is 367 Å². The first-order valence-corrected chi connectivity index (χ1v) is 22.0. The van der Waals surface area contributed by atoms with Gasteiger partial charge in [-0.3, -0.25) is 9.13 Å². The highest BCUT2D eigenvalue weighted by atomic mass is 32.2. The summed E-state index contributed by atoms with van der Waals surface area (Å²) in [6, 6.07) is 75.5. The maximum absolute atomic E-state index is 5.14. The molecule has 5 nitrogen and oxygen atoms in total. The summed E-state index contributed by atoms with van der Waals surface area (Å²) in [5.74, 6) is 1.91. The summed E-state index contributed by atoms with van der Waals surface area (Å²) in [5, 5.41) is 6.27. The first-order chi connectivity index (χ1) is 31.2. The fourth-order valence-corrected chi connectivity index (χ4v) is 10.5. The van der Waals surface area contributed by atoms with Crippen molar-refractivity contribution in [2.24, 2.45) is 0 Å². The molecular formula is C57H35N5S. The second-order valence-electron chi connectivity index (χ2n) is 16.1. The average Bonchev–Trinajstić information content (AvgIpc) is 3.88. The van der Waals surface area contributed by atoms with Crippen molar-refractivity contribution in [3.63, 3.8) is 0 Å². The Morgan fingerprint density at radius 2 is 0.921 bits per heavy atom. The summed E-state index contributed by atoms with van der Waals surface area (Å²) in [7, 11) is 0. The minimum Gasteiger partial charge on any atom is -0.295 e. The lowest BCUT2D eigenvalue weighted by molar-refractivity contribution is 1.03. The largest absolute Gasteiger partial charge is 0.295 e. The Morgan fingerprint density at radius 3 is 1.75 bits per heavy atom. The number of fused-ring (bicyclic) bond motifs is 8. The molecule has 0 saturated heterocycles. The predicted octanol–water partition coefficient (Wildman–Crippen LogP) is 14.9. The van der Waals surface area contributed by atoms with Gasteiger partial charge in [-0.15, -0.1) is 0 Å². The van der Waals surface area contributed by atoms with Gasteiger partial charge in [-0.25, -0.2) is 15.0 Å². The lowest BCUT2D eigenvalue weighted by atomic mass is 10.00. The van der Waals surface area contributed by atoms with Crippen molar-refractivity contribution in [3.8, 4) is 67.8 Å². The molecule has 9 aromatic carbocycles. The molecule has 0 saturated carbocycles. The number of para-hydroxylation sites is 3. The molecule has 12 aromatic rings. The molecular weight excluding hydrogens is 787 g/mol. The zero-order chi connectivity index (χ0) is 41.4. The zero-order valence-electron chi connectivity index (χ0n) is 33.9. The van der Waals surface area contributed by atoms with Crippen molar-refractivity contribution >= 4 is 55.4 Å². The smallest absolute Gasteiger partial charge is 0.164 e. The second kappa shape index (κ2) is 14.3. The normalized spacial score (nSPS) is 12.1. The number of aromatic nitrogens is 5. The van der Waals surface area contributed by atoms with Crippen molar-refractivity contribution in [2.45, 2.75) is 9.79 Å².